The van der Waals surface area contributed by atoms with Gasteiger partial charge in [0.2, 0.25) is 5.88 Å². The maximum atomic E-state index is 14.3. The Kier molecular flexibility index (Phi) is 3.86. The Hall–Kier alpha value is -3.07. The summed E-state index contributed by atoms with van der Waals surface area (Å²) in [4.78, 5) is 1.86. The minimum atomic E-state index is -0.948. The lowest BCUT2D eigenvalue weighted by Crippen LogP contribution is -2.23. The number of halogens is 2. The number of rotatable bonds is 2. The maximum absolute atomic E-state index is 14.3. The van der Waals surface area contributed by atoms with E-state index in [2.05, 4.69) is 0 Å². The van der Waals surface area contributed by atoms with E-state index < -0.39 is 17.6 Å². The Labute approximate surface area is 138 Å². The van der Waals surface area contributed by atoms with Gasteiger partial charge in [-0.15, -0.1) is 0 Å². The van der Waals surface area contributed by atoms with Gasteiger partial charge < -0.3 is 15.4 Å². The number of fused-ring (bicyclic) bond motifs is 1. The Bertz CT molecular complexity index is 864. The highest BCUT2D eigenvalue weighted by Crippen LogP contribution is 2.44. The van der Waals surface area contributed by atoms with Gasteiger partial charge >= 0.3 is 0 Å². The zero-order valence-corrected chi connectivity index (χ0v) is 13.2. The van der Waals surface area contributed by atoms with Crippen LogP contribution in [0.15, 0.2) is 47.9 Å². The first-order chi connectivity index (χ1) is 11.4. The van der Waals surface area contributed by atoms with Gasteiger partial charge in [-0.25, -0.2) is 8.78 Å². The van der Waals surface area contributed by atoms with Gasteiger partial charge in [-0.2, -0.15) is 5.26 Å². The molecular weight excluding hydrogens is 312 g/mol. The minimum Gasteiger partial charge on any atom is -0.440 e. The zero-order valence-electron chi connectivity index (χ0n) is 13.2. The van der Waals surface area contributed by atoms with Crippen molar-refractivity contribution in [3.8, 4) is 11.8 Å². The molecule has 2 aromatic carbocycles. The van der Waals surface area contributed by atoms with E-state index in [0.717, 1.165) is 17.8 Å². The number of nitrogens with zero attached hydrogens (tertiary/aromatic N) is 2. The third kappa shape index (κ3) is 2.44. The fourth-order valence-corrected chi connectivity index (χ4v) is 2.81. The van der Waals surface area contributed by atoms with Crippen LogP contribution in [0.25, 0.3) is 0 Å². The zero-order chi connectivity index (χ0) is 17.4. The molecule has 0 radical (unpaired) electrons. The van der Waals surface area contributed by atoms with Crippen LogP contribution in [0, 0.1) is 23.0 Å². The van der Waals surface area contributed by atoms with Crippen molar-refractivity contribution >= 4 is 5.69 Å². The summed E-state index contributed by atoms with van der Waals surface area (Å²) in [6.07, 6.45) is 0. The third-order valence-corrected chi connectivity index (χ3v) is 4.01. The summed E-state index contributed by atoms with van der Waals surface area (Å²) in [5.74, 6) is -2.18. The van der Waals surface area contributed by atoms with Crippen molar-refractivity contribution in [2.45, 2.75) is 5.92 Å². The van der Waals surface area contributed by atoms with Crippen LogP contribution in [0.1, 0.15) is 17.0 Å². The molecule has 1 aliphatic heterocycles. The summed E-state index contributed by atoms with van der Waals surface area (Å²) in [5, 5.41) is 9.42. The number of anilines is 1. The second-order valence-electron chi connectivity index (χ2n) is 5.68. The molecule has 0 bridgehead atoms. The fraction of sp³-hybridized carbons (Fsp3) is 0.167. The van der Waals surface area contributed by atoms with E-state index in [0.29, 0.717) is 11.3 Å². The monoisotopic (exact) mass is 327 g/mol. The van der Waals surface area contributed by atoms with E-state index in [1.807, 2.05) is 25.1 Å². The smallest absolute Gasteiger partial charge is 0.205 e. The number of allylic oxidation sites excluding steroid dienone is 1. The van der Waals surface area contributed by atoms with Gasteiger partial charge in [0.15, 0.2) is 0 Å². The number of hydrogen-bond acceptors (Lipinski definition) is 4. The molecule has 2 aromatic rings. The predicted molar refractivity (Wildman–Crippen MR) is 86.4 cm³/mol. The highest BCUT2D eigenvalue weighted by Gasteiger charge is 2.34. The maximum Gasteiger partial charge on any atom is 0.205 e. The highest BCUT2D eigenvalue weighted by molar-refractivity contribution is 5.61. The first kappa shape index (κ1) is 15.8. The number of hydrogen-bond donors (Lipinski definition) is 1. The van der Waals surface area contributed by atoms with Gasteiger partial charge in [-0.05, 0) is 18.2 Å². The molecule has 0 saturated carbocycles. The van der Waals surface area contributed by atoms with Crippen molar-refractivity contribution in [2.75, 3.05) is 19.0 Å². The Morgan fingerprint density at radius 3 is 2.42 bits per heavy atom. The lowest BCUT2D eigenvalue weighted by atomic mass is 9.83. The molecule has 1 atom stereocenters. The minimum absolute atomic E-state index is 0.0101. The van der Waals surface area contributed by atoms with Crippen LogP contribution in [0.2, 0.25) is 0 Å². The van der Waals surface area contributed by atoms with Crippen LogP contribution in [0.3, 0.4) is 0 Å². The quantitative estimate of drug-likeness (QED) is 0.920. The SMILES string of the molecule is CN(C)c1ccc2c(c1)OC(N)=C(C#N)[C@H]2c1c(F)cccc1F. The molecule has 4 nitrogen and oxygen atoms in total. The van der Waals surface area contributed by atoms with E-state index in [-0.39, 0.29) is 17.0 Å². The van der Waals surface area contributed by atoms with Crippen molar-refractivity contribution in [2.24, 2.45) is 5.73 Å². The molecule has 0 spiro atoms. The molecule has 6 heteroatoms. The van der Waals surface area contributed by atoms with Gasteiger partial charge in [-0.1, -0.05) is 12.1 Å². The molecule has 24 heavy (non-hydrogen) atoms. The van der Waals surface area contributed by atoms with E-state index in [9.17, 15) is 14.0 Å². The van der Waals surface area contributed by atoms with Gasteiger partial charge in [0.25, 0.3) is 0 Å². The average Bonchev–Trinajstić information content (AvgIpc) is 2.53. The second kappa shape index (κ2) is 5.85. The average molecular weight is 327 g/mol. The first-order valence-corrected chi connectivity index (χ1v) is 7.26. The summed E-state index contributed by atoms with van der Waals surface area (Å²) in [6.45, 7) is 0. The number of nitrogens with two attached hydrogens (primary N) is 1. The molecule has 0 amide bonds. The molecule has 0 fully saturated rings. The lowest BCUT2D eigenvalue weighted by molar-refractivity contribution is 0.391. The van der Waals surface area contributed by atoms with Gasteiger partial charge in [0.1, 0.15) is 29.0 Å². The van der Waals surface area contributed by atoms with Crippen molar-refractivity contribution in [1.29, 1.82) is 5.26 Å². The van der Waals surface area contributed by atoms with Gasteiger partial charge in [0.05, 0.1) is 5.92 Å². The van der Waals surface area contributed by atoms with Crippen LogP contribution in [-0.2, 0) is 0 Å². The molecule has 0 unspecified atom stereocenters. The largest absolute Gasteiger partial charge is 0.440 e. The molecule has 2 N–H and O–H groups in total. The molecule has 122 valence electrons. The van der Waals surface area contributed by atoms with E-state index >= 15 is 0 Å². The van der Waals surface area contributed by atoms with Crippen LogP contribution in [-0.4, -0.2) is 14.1 Å². The van der Waals surface area contributed by atoms with Crippen LogP contribution < -0.4 is 15.4 Å². The van der Waals surface area contributed by atoms with Crippen molar-refractivity contribution in [3.05, 3.63) is 70.6 Å². The normalized spacial score (nSPS) is 16.2. The molecule has 1 aliphatic rings. The standard InChI is InChI=1S/C18H15F2N3O/c1-23(2)10-6-7-11-15(8-10)24-18(22)12(9-21)16(11)17-13(19)4-3-5-14(17)20/h3-8,16H,22H2,1-2H3/t16-/m0/s1. The van der Waals surface area contributed by atoms with Crippen molar-refractivity contribution in [1.82, 2.24) is 0 Å². The summed E-state index contributed by atoms with van der Waals surface area (Å²) < 4.78 is 34.1. The van der Waals surface area contributed by atoms with E-state index in [1.54, 1.807) is 18.2 Å². The van der Waals surface area contributed by atoms with E-state index in [4.69, 9.17) is 10.5 Å². The van der Waals surface area contributed by atoms with Crippen molar-refractivity contribution in [3.63, 3.8) is 0 Å². The van der Waals surface area contributed by atoms with Crippen LogP contribution >= 0.6 is 0 Å². The molecule has 0 saturated heterocycles. The number of nitriles is 1. The summed E-state index contributed by atoms with van der Waals surface area (Å²) in [5.41, 5.74) is 6.95. The Morgan fingerprint density at radius 1 is 1.17 bits per heavy atom. The molecule has 1 heterocycles. The number of ether oxygens (including phenoxy) is 1. The summed E-state index contributed by atoms with van der Waals surface area (Å²) >= 11 is 0. The van der Waals surface area contributed by atoms with Crippen molar-refractivity contribution < 1.29 is 13.5 Å². The first-order valence-electron chi connectivity index (χ1n) is 7.26. The Morgan fingerprint density at radius 2 is 1.83 bits per heavy atom. The molecular formula is C18H15F2N3O. The van der Waals surface area contributed by atoms with Gasteiger partial charge in [-0.3, -0.25) is 0 Å². The topological polar surface area (TPSA) is 62.3 Å². The molecule has 0 aromatic heterocycles. The fourth-order valence-electron chi connectivity index (χ4n) is 2.81. The highest BCUT2D eigenvalue weighted by atomic mass is 19.1. The third-order valence-electron chi connectivity index (χ3n) is 4.01. The molecule has 0 aliphatic carbocycles. The van der Waals surface area contributed by atoms with Crippen LogP contribution in [0.4, 0.5) is 14.5 Å². The second-order valence-corrected chi connectivity index (χ2v) is 5.68. The Balaban J connectivity index is 2.27. The predicted octanol–water partition coefficient (Wildman–Crippen LogP) is 3.25. The van der Waals surface area contributed by atoms with Crippen LogP contribution in [0.5, 0.6) is 5.75 Å². The lowest BCUT2D eigenvalue weighted by Gasteiger charge is -2.28. The summed E-state index contributed by atoms with van der Waals surface area (Å²) in [7, 11) is 3.72. The van der Waals surface area contributed by atoms with E-state index in [1.165, 1.54) is 6.07 Å². The molecule has 3 rings (SSSR count). The van der Waals surface area contributed by atoms with Gasteiger partial charge in [0, 0.05) is 37.0 Å². The summed E-state index contributed by atoms with van der Waals surface area (Å²) in [6, 6.07) is 10.7. The number of benzene rings is 2.